The molecule has 1 atom stereocenters. The molecule has 164 valence electrons. The summed E-state index contributed by atoms with van der Waals surface area (Å²) in [6.45, 7) is 1.52. The minimum Gasteiger partial charge on any atom is -0.394 e. The zero-order valence-corrected chi connectivity index (χ0v) is 18.1. The summed E-state index contributed by atoms with van der Waals surface area (Å²) in [6.07, 6.45) is 7.33. The van der Waals surface area contributed by atoms with Crippen molar-refractivity contribution in [1.29, 1.82) is 0 Å². The summed E-state index contributed by atoms with van der Waals surface area (Å²) >= 11 is 1.36. The quantitative estimate of drug-likeness (QED) is 0.462. The van der Waals surface area contributed by atoms with Crippen LogP contribution < -0.4 is 16.4 Å². The smallest absolute Gasteiger partial charge is 0.261 e. The molecule has 1 saturated carbocycles. The maximum atomic E-state index is 12.7. The number of aromatic nitrogens is 3. The highest BCUT2D eigenvalue weighted by Gasteiger charge is 2.20. The minimum absolute atomic E-state index is 0.0549. The third-order valence-corrected chi connectivity index (χ3v) is 6.37. The molecule has 3 aromatic heterocycles. The van der Waals surface area contributed by atoms with Crippen molar-refractivity contribution < 1.29 is 14.7 Å². The van der Waals surface area contributed by atoms with E-state index in [2.05, 4.69) is 20.7 Å². The van der Waals surface area contributed by atoms with Crippen LogP contribution in [0, 0.1) is 0 Å². The molecule has 0 saturated heterocycles. The van der Waals surface area contributed by atoms with Crippen LogP contribution in [-0.4, -0.2) is 50.2 Å². The molecule has 3 aromatic rings. The second kappa shape index (κ2) is 9.03. The van der Waals surface area contributed by atoms with Crippen LogP contribution in [0.25, 0.3) is 16.8 Å². The zero-order valence-electron chi connectivity index (χ0n) is 17.3. The number of nitrogens with zero attached hydrogens (tertiary/aromatic N) is 3. The highest BCUT2D eigenvalue weighted by molar-refractivity contribution is 7.12. The Bertz CT molecular complexity index is 1100. The van der Waals surface area contributed by atoms with Gasteiger partial charge in [0.15, 0.2) is 5.65 Å². The third kappa shape index (κ3) is 4.70. The molecule has 10 heteroatoms. The van der Waals surface area contributed by atoms with E-state index in [-0.39, 0.29) is 30.4 Å². The Hall–Kier alpha value is -2.98. The second-order valence-electron chi connectivity index (χ2n) is 7.95. The number of anilines is 1. The molecule has 0 aromatic carbocycles. The number of pyridine rings is 1. The van der Waals surface area contributed by atoms with E-state index in [1.165, 1.54) is 22.3 Å². The summed E-state index contributed by atoms with van der Waals surface area (Å²) in [7, 11) is 0. The number of nitrogens with one attached hydrogen (secondary N) is 2. The van der Waals surface area contributed by atoms with Crippen molar-refractivity contribution >= 4 is 34.7 Å². The number of thiophene rings is 1. The average Bonchev–Trinajstić information content (AvgIpc) is 3.39. The first-order valence-corrected chi connectivity index (χ1v) is 11.3. The maximum absolute atomic E-state index is 12.7. The SMILES string of the molecule is C[C@@H](CO)NC(=O)c1cc(-c2csc(C(=O)NC3CCCCC3)c2)cn2nc(N)nc12. The molecule has 0 unspecified atom stereocenters. The van der Waals surface area contributed by atoms with Gasteiger partial charge in [-0.15, -0.1) is 16.4 Å². The van der Waals surface area contributed by atoms with Crippen LogP contribution in [0.3, 0.4) is 0 Å². The maximum Gasteiger partial charge on any atom is 0.261 e. The summed E-state index contributed by atoms with van der Waals surface area (Å²) in [4.78, 5) is 30.2. The van der Waals surface area contributed by atoms with Crippen molar-refractivity contribution in [3.8, 4) is 11.1 Å². The number of hydrogen-bond acceptors (Lipinski definition) is 7. The van der Waals surface area contributed by atoms with Gasteiger partial charge in [-0.3, -0.25) is 9.59 Å². The van der Waals surface area contributed by atoms with Crippen LogP contribution in [0.4, 0.5) is 5.95 Å². The number of aliphatic hydroxyl groups is 1. The standard InChI is InChI=1S/C21H26N6O3S/c1-12(10-28)23-19(29)16-7-13(9-27-18(16)25-21(22)26-27)14-8-17(31-11-14)20(30)24-15-5-3-2-4-6-15/h7-9,11-12,15,28H,2-6,10H2,1H3,(H2,22,26)(H,23,29)(H,24,30)/t12-/m0/s1. The normalized spacial score (nSPS) is 15.7. The first kappa shape index (κ1) is 21.3. The molecular formula is C21H26N6O3S. The molecule has 0 radical (unpaired) electrons. The molecule has 3 heterocycles. The lowest BCUT2D eigenvalue weighted by atomic mass is 9.95. The van der Waals surface area contributed by atoms with Gasteiger partial charge in [0.1, 0.15) is 0 Å². The number of hydrogen-bond donors (Lipinski definition) is 4. The Balaban J connectivity index is 1.62. The first-order chi connectivity index (χ1) is 14.9. The molecule has 31 heavy (non-hydrogen) atoms. The van der Waals surface area contributed by atoms with Gasteiger partial charge in [-0.1, -0.05) is 19.3 Å². The molecule has 0 bridgehead atoms. The van der Waals surface area contributed by atoms with Gasteiger partial charge in [-0.25, -0.2) is 4.52 Å². The van der Waals surface area contributed by atoms with Gasteiger partial charge >= 0.3 is 0 Å². The lowest BCUT2D eigenvalue weighted by Gasteiger charge is -2.22. The summed E-state index contributed by atoms with van der Waals surface area (Å²) in [5.74, 6) is -0.394. The number of nitrogen functional groups attached to an aromatic ring is 1. The predicted octanol–water partition coefficient (Wildman–Crippen LogP) is 2.21. The van der Waals surface area contributed by atoms with Crippen molar-refractivity contribution in [2.75, 3.05) is 12.3 Å². The van der Waals surface area contributed by atoms with E-state index in [4.69, 9.17) is 5.73 Å². The zero-order chi connectivity index (χ0) is 22.0. The van der Waals surface area contributed by atoms with E-state index < -0.39 is 6.04 Å². The van der Waals surface area contributed by atoms with Crippen molar-refractivity contribution in [3.63, 3.8) is 0 Å². The summed E-state index contributed by atoms with van der Waals surface area (Å²) in [6, 6.07) is 3.36. The summed E-state index contributed by atoms with van der Waals surface area (Å²) in [5, 5.41) is 21.1. The molecule has 5 N–H and O–H groups in total. The highest BCUT2D eigenvalue weighted by Crippen LogP contribution is 2.28. The molecule has 4 rings (SSSR count). The van der Waals surface area contributed by atoms with E-state index in [1.807, 2.05) is 11.4 Å². The fourth-order valence-electron chi connectivity index (χ4n) is 3.78. The molecule has 1 fully saturated rings. The number of rotatable bonds is 6. The number of fused-ring (bicyclic) bond motifs is 1. The van der Waals surface area contributed by atoms with E-state index in [9.17, 15) is 14.7 Å². The predicted molar refractivity (Wildman–Crippen MR) is 119 cm³/mol. The van der Waals surface area contributed by atoms with Gasteiger partial charge in [-0.05, 0) is 42.8 Å². The Kier molecular flexibility index (Phi) is 6.19. The average molecular weight is 443 g/mol. The monoisotopic (exact) mass is 442 g/mol. The third-order valence-electron chi connectivity index (χ3n) is 5.44. The molecule has 9 nitrogen and oxygen atoms in total. The van der Waals surface area contributed by atoms with E-state index in [0.29, 0.717) is 21.7 Å². The first-order valence-electron chi connectivity index (χ1n) is 10.4. The second-order valence-corrected chi connectivity index (χ2v) is 8.86. The minimum atomic E-state index is -0.410. The fraction of sp³-hybridized carbons (Fsp3) is 0.429. The Labute approximate surface area is 183 Å². The van der Waals surface area contributed by atoms with Crippen molar-refractivity contribution in [2.24, 2.45) is 0 Å². The van der Waals surface area contributed by atoms with Crippen molar-refractivity contribution in [3.05, 3.63) is 34.2 Å². The molecule has 0 spiro atoms. The van der Waals surface area contributed by atoms with Gasteiger partial charge in [0.05, 0.1) is 17.0 Å². The van der Waals surface area contributed by atoms with Crippen LogP contribution >= 0.6 is 11.3 Å². The number of carbonyl (C=O) groups excluding carboxylic acids is 2. The number of amides is 2. The van der Waals surface area contributed by atoms with E-state index in [0.717, 1.165) is 31.2 Å². The topological polar surface area (TPSA) is 135 Å². The van der Waals surface area contributed by atoms with Gasteiger partial charge in [0, 0.05) is 23.8 Å². The lowest BCUT2D eigenvalue weighted by molar-refractivity contribution is 0.0918. The van der Waals surface area contributed by atoms with E-state index >= 15 is 0 Å². The number of nitrogens with two attached hydrogens (primary N) is 1. The van der Waals surface area contributed by atoms with Gasteiger partial charge in [0.25, 0.3) is 11.8 Å². The largest absolute Gasteiger partial charge is 0.394 e. The van der Waals surface area contributed by atoms with Crippen LogP contribution in [0.1, 0.15) is 59.1 Å². The molecule has 1 aliphatic rings. The lowest BCUT2D eigenvalue weighted by Crippen LogP contribution is -2.35. The van der Waals surface area contributed by atoms with Crippen LogP contribution in [-0.2, 0) is 0 Å². The fourth-order valence-corrected chi connectivity index (χ4v) is 4.60. The number of aliphatic hydroxyl groups excluding tert-OH is 1. The molecule has 2 amide bonds. The van der Waals surface area contributed by atoms with Crippen molar-refractivity contribution in [2.45, 2.75) is 51.1 Å². The van der Waals surface area contributed by atoms with Crippen LogP contribution in [0.15, 0.2) is 23.7 Å². The Morgan fingerprint density at radius 1 is 1.26 bits per heavy atom. The summed E-state index contributed by atoms with van der Waals surface area (Å²) < 4.78 is 1.46. The van der Waals surface area contributed by atoms with Gasteiger partial charge < -0.3 is 21.5 Å². The van der Waals surface area contributed by atoms with Gasteiger partial charge in [0.2, 0.25) is 5.95 Å². The molecule has 1 aliphatic carbocycles. The number of carbonyl (C=O) groups is 2. The highest BCUT2D eigenvalue weighted by atomic mass is 32.1. The van der Waals surface area contributed by atoms with Gasteiger partial charge in [-0.2, -0.15) is 4.98 Å². The molecular weight excluding hydrogens is 416 g/mol. The van der Waals surface area contributed by atoms with Crippen LogP contribution in [0.5, 0.6) is 0 Å². The Morgan fingerprint density at radius 2 is 2.03 bits per heavy atom. The van der Waals surface area contributed by atoms with E-state index in [1.54, 1.807) is 19.2 Å². The Morgan fingerprint density at radius 3 is 2.77 bits per heavy atom. The van der Waals surface area contributed by atoms with Crippen molar-refractivity contribution in [1.82, 2.24) is 25.2 Å². The van der Waals surface area contributed by atoms with Crippen LogP contribution in [0.2, 0.25) is 0 Å². The molecule has 0 aliphatic heterocycles. The summed E-state index contributed by atoms with van der Waals surface area (Å²) in [5.41, 5.74) is 7.88.